The summed E-state index contributed by atoms with van der Waals surface area (Å²) in [4.78, 5) is 7.11. The maximum atomic E-state index is 5.63. The number of nitrogens with two attached hydrogens (primary N) is 1. The first kappa shape index (κ1) is 11.0. The van der Waals surface area contributed by atoms with Crippen molar-refractivity contribution >= 4 is 17.3 Å². The summed E-state index contributed by atoms with van der Waals surface area (Å²) in [5, 5.41) is 14.9. The smallest absolute Gasteiger partial charge is 0.197 e. The van der Waals surface area contributed by atoms with Gasteiger partial charge in [0.15, 0.2) is 5.95 Å². The molecule has 3 aromatic heterocycles. The van der Waals surface area contributed by atoms with Gasteiger partial charge < -0.3 is 10.7 Å². The molecule has 92 valence electrons. The lowest BCUT2D eigenvalue weighted by Gasteiger charge is -2.11. The molecule has 0 amide bonds. The molecule has 0 bridgehead atoms. The van der Waals surface area contributed by atoms with Crippen LogP contribution in [0.2, 0.25) is 0 Å². The Balaban J connectivity index is 1.93. The van der Waals surface area contributed by atoms with Crippen molar-refractivity contribution in [3.05, 3.63) is 46.2 Å². The lowest BCUT2D eigenvalue weighted by molar-refractivity contribution is 0.746. The highest BCUT2D eigenvalue weighted by atomic mass is 32.1. The second-order valence-corrected chi connectivity index (χ2v) is 4.79. The van der Waals surface area contributed by atoms with Gasteiger partial charge in [-0.15, -0.1) is 0 Å². The number of aromatic nitrogens is 5. The number of H-pyrrole nitrogens is 2. The number of hydrogen-bond acceptors (Lipinski definition) is 5. The molecule has 0 aliphatic carbocycles. The molecule has 0 aliphatic rings. The van der Waals surface area contributed by atoms with Gasteiger partial charge in [-0.25, -0.2) is 4.98 Å². The fraction of sp³-hybridized carbons (Fsp3) is 0.182. The van der Waals surface area contributed by atoms with Crippen LogP contribution < -0.4 is 5.73 Å². The van der Waals surface area contributed by atoms with Gasteiger partial charge in [0, 0.05) is 5.69 Å². The number of nitrogens with zero attached hydrogens (tertiary/aromatic N) is 3. The van der Waals surface area contributed by atoms with Crippen molar-refractivity contribution in [2.75, 3.05) is 5.73 Å². The molecule has 4 N–H and O–H groups in total. The first-order valence-corrected chi connectivity index (χ1v) is 6.44. The van der Waals surface area contributed by atoms with Crippen molar-refractivity contribution in [2.24, 2.45) is 0 Å². The molecular formula is C11H12N6S. The summed E-state index contributed by atoms with van der Waals surface area (Å²) in [6.07, 6.45) is 4.33. The molecular weight excluding hydrogens is 248 g/mol. The number of hydrogen-bond donors (Lipinski definition) is 3. The SMILES string of the molecule is Nc1ncc(C(Cc2ccsc2)c2cn[nH]n2)[nH]1. The van der Waals surface area contributed by atoms with Crippen LogP contribution in [0.5, 0.6) is 0 Å². The van der Waals surface area contributed by atoms with Crippen LogP contribution in [0, 0.1) is 0 Å². The van der Waals surface area contributed by atoms with Crippen LogP contribution >= 0.6 is 11.3 Å². The Labute approximate surface area is 107 Å². The van der Waals surface area contributed by atoms with E-state index in [0.717, 1.165) is 17.8 Å². The third kappa shape index (κ3) is 2.12. The molecule has 1 atom stereocenters. The highest BCUT2D eigenvalue weighted by Gasteiger charge is 2.19. The number of thiophene rings is 1. The van der Waals surface area contributed by atoms with Crippen LogP contribution in [0.25, 0.3) is 0 Å². The van der Waals surface area contributed by atoms with Crippen LogP contribution in [0.3, 0.4) is 0 Å². The van der Waals surface area contributed by atoms with Crippen molar-refractivity contribution in [1.29, 1.82) is 0 Å². The predicted octanol–water partition coefficient (Wildman–Crippen LogP) is 1.55. The molecule has 3 aromatic rings. The number of aromatic amines is 2. The molecule has 0 aromatic carbocycles. The minimum absolute atomic E-state index is 0.0862. The summed E-state index contributed by atoms with van der Waals surface area (Å²) in [6, 6.07) is 2.11. The topological polar surface area (TPSA) is 96.3 Å². The van der Waals surface area contributed by atoms with E-state index >= 15 is 0 Å². The van der Waals surface area contributed by atoms with Gasteiger partial charge in [-0.2, -0.15) is 26.7 Å². The maximum absolute atomic E-state index is 5.63. The first-order chi connectivity index (χ1) is 8.83. The van der Waals surface area contributed by atoms with Gasteiger partial charge in [0.05, 0.1) is 24.0 Å². The summed E-state index contributed by atoms with van der Waals surface area (Å²) in [5.74, 6) is 0.506. The molecule has 18 heavy (non-hydrogen) atoms. The fourth-order valence-corrected chi connectivity index (χ4v) is 2.61. The summed E-state index contributed by atoms with van der Waals surface area (Å²) in [7, 11) is 0. The van der Waals surface area contributed by atoms with E-state index in [-0.39, 0.29) is 5.92 Å². The van der Waals surface area contributed by atoms with Crippen LogP contribution in [-0.2, 0) is 6.42 Å². The second kappa shape index (κ2) is 4.61. The number of nitrogen functional groups attached to an aromatic ring is 1. The molecule has 3 rings (SSSR count). The standard InChI is InChI=1S/C11H12N6S/c12-11-13-4-9(15-11)8(10-5-14-17-16-10)3-7-1-2-18-6-7/h1-2,4-6,8H,3H2,(H3,12,13,15)(H,14,16,17). The quantitative estimate of drug-likeness (QED) is 0.663. The Bertz CT molecular complexity index is 597. The minimum atomic E-state index is 0.0862. The number of imidazole rings is 1. The molecule has 7 heteroatoms. The van der Waals surface area contributed by atoms with E-state index in [0.29, 0.717) is 5.95 Å². The van der Waals surface area contributed by atoms with Crippen LogP contribution in [0.1, 0.15) is 22.9 Å². The maximum Gasteiger partial charge on any atom is 0.197 e. The van der Waals surface area contributed by atoms with Gasteiger partial charge in [0.1, 0.15) is 0 Å². The fourth-order valence-electron chi connectivity index (χ4n) is 1.93. The Kier molecular flexibility index (Phi) is 2.81. The van der Waals surface area contributed by atoms with Gasteiger partial charge in [-0.05, 0) is 28.8 Å². The van der Waals surface area contributed by atoms with Gasteiger partial charge in [0.2, 0.25) is 0 Å². The van der Waals surface area contributed by atoms with Gasteiger partial charge >= 0.3 is 0 Å². The number of nitrogens with one attached hydrogen (secondary N) is 2. The Hall–Kier alpha value is -2.15. The zero-order chi connectivity index (χ0) is 12.4. The van der Waals surface area contributed by atoms with E-state index in [1.54, 1.807) is 23.7 Å². The zero-order valence-electron chi connectivity index (χ0n) is 9.50. The number of anilines is 1. The third-order valence-electron chi connectivity index (χ3n) is 2.80. The lowest BCUT2D eigenvalue weighted by Crippen LogP contribution is -2.06. The predicted molar refractivity (Wildman–Crippen MR) is 69.2 cm³/mol. The molecule has 0 fully saturated rings. The van der Waals surface area contributed by atoms with Gasteiger partial charge in [-0.1, -0.05) is 0 Å². The summed E-state index contributed by atoms with van der Waals surface area (Å²) >= 11 is 1.68. The first-order valence-electron chi connectivity index (χ1n) is 5.50. The molecule has 0 saturated carbocycles. The molecule has 1 unspecified atom stereocenters. The van der Waals surface area contributed by atoms with E-state index in [1.165, 1.54) is 5.56 Å². The van der Waals surface area contributed by atoms with Crippen LogP contribution in [0.4, 0.5) is 5.95 Å². The molecule has 3 heterocycles. The highest BCUT2D eigenvalue weighted by molar-refractivity contribution is 7.07. The molecule has 0 saturated heterocycles. The largest absolute Gasteiger partial charge is 0.369 e. The Morgan fingerprint density at radius 1 is 1.39 bits per heavy atom. The van der Waals surface area contributed by atoms with E-state index in [1.807, 2.05) is 0 Å². The average molecular weight is 260 g/mol. The monoisotopic (exact) mass is 260 g/mol. The summed E-state index contributed by atoms with van der Waals surface area (Å²) in [5.41, 5.74) is 8.73. The van der Waals surface area contributed by atoms with Crippen molar-refractivity contribution in [2.45, 2.75) is 12.3 Å². The summed E-state index contributed by atoms with van der Waals surface area (Å²) in [6.45, 7) is 0. The van der Waals surface area contributed by atoms with E-state index in [2.05, 4.69) is 42.2 Å². The molecule has 0 radical (unpaired) electrons. The summed E-state index contributed by atoms with van der Waals surface area (Å²) < 4.78 is 0. The van der Waals surface area contributed by atoms with Gasteiger partial charge in [0.25, 0.3) is 0 Å². The third-order valence-corrected chi connectivity index (χ3v) is 3.53. The zero-order valence-corrected chi connectivity index (χ0v) is 10.3. The van der Waals surface area contributed by atoms with Crippen LogP contribution in [0.15, 0.2) is 29.2 Å². The van der Waals surface area contributed by atoms with Gasteiger partial charge in [-0.3, -0.25) is 0 Å². The molecule has 0 spiro atoms. The Morgan fingerprint density at radius 3 is 2.94 bits per heavy atom. The Morgan fingerprint density at radius 2 is 2.33 bits per heavy atom. The molecule has 6 nitrogen and oxygen atoms in total. The van der Waals surface area contributed by atoms with E-state index < -0.39 is 0 Å². The average Bonchev–Trinajstić information content (AvgIpc) is 3.09. The minimum Gasteiger partial charge on any atom is -0.369 e. The molecule has 0 aliphatic heterocycles. The highest BCUT2D eigenvalue weighted by Crippen LogP contribution is 2.26. The van der Waals surface area contributed by atoms with E-state index in [9.17, 15) is 0 Å². The van der Waals surface area contributed by atoms with E-state index in [4.69, 9.17) is 5.73 Å². The second-order valence-electron chi connectivity index (χ2n) is 4.01. The lowest BCUT2D eigenvalue weighted by atomic mass is 9.95. The van der Waals surface area contributed by atoms with Crippen molar-refractivity contribution in [3.63, 3.8) is 0 Å². The normalized spacial score (nSPS) is 12.7. The van der Waals surface area contributed by atoms with Crippen molar-refractivity contribution in [3.8, 4) is 0 Å². The number of rotatable bonds is 4. The van der Waals surface area contributed by atoms with Crippen molar-refractivity contribution < 1.29 is 0 Å². The van der Waals surface area contributed by atoms with Crippen molar-refractivity contribution in [1.82, 2.24) is 25.4 Å². The van der Waals surface area contributed by atoms with Crippen LogP contribution in [-0.4, -0.2) is 25.4 Å².